The molecule has 0 amide bonds. The molecule has 10 nitrogen and oxygen atoms in total. The highest BCUT2D eigenvalue weighted by Gasteiger charge is 2.38. The van der Waals surface area contributed by atoms with Crippen molar-refractivity contribution in [2.75, 3.05) is 13.2 Å². The van der Waals surface area contributed by atoms with Gasteiger partial charge in [0.15, 0.2) is 11.2 Å². The molecule has 160 valence electrons. The molecule has 0 spiro atoms. The summed E-state index contributed by atoms with van der Waals surface area (Å²) in [6, 6.07) is 4.02. The van der Waals surface area contributed by atoms with Gasteiger partial charge >= 0.3 is 19.5 Å². The topological polar surface area (TPSA) is 145 Å². The van der Waals surface area contributed by atoms with E-state index in [0.29, 0.717) is 16.7 Å². The van der Waals surface area contributed by atoms with Gasteiger partial charge in [0.1, 0.15) is 6.04 Å². The third-order valence-electron chi connectivity index (χ3n) is 4.69. The average Bonchev–Trinajstić information content (AvgIpc) is 3.25. The molecule has 0 saturated heterocycles. The molecule has 1 atom stereocenters. The predicted molar refractivity (Wildman–Crippen MR) is 104 cm³/mol. The van der Waals surface area contributed by atoms with Crippen LogP contribution in [0.4, 0.5) is 0 Å². The van der Waals surface area contributed by atoms with E-state index in [0.717, 1.165) is 10.8 Å². The van der Waals surface area contributed by atoms with E-state index >= 15 is 0 Å². The van der Waals surface area contributed by atoms with Crippen LogP contribution in [0.25, 0.3) is 0 Å². The molecule has 1 aliphatic carbocycles. The number of Topliss-reactive ketones (excluding diaryl/α,β-unsaturated/α-hetero) is 1. The Morgan fingerprint density at radius 3 is 2.57 bits per heavy atom. The van der Waals surface area contributed by atoms with Gasteiger partial charge in [-0.2, -0.15) is 0 Å². The third kappa shape index (κ3) is 4.21. The summed E-state index contributed by atoms with van der Waals surface area (Å²) < 4.78 is 22.7. The molecule has 11 heteroatoms. The minimum absolute atomic E-state index is 0.0145. The number of hydrogen-bond donors (Lipinski definition) is 2. The van der Waals surface area contributed by atoms with E-state index in [1.54, 1.807) is 32.0 Å². The second-order valence-electron chi connectivity index (χ2n) is 6.60. The van der Waals surface area contributed by atoms with E-state index in [2.05, 4.69) is 4.98 Å². The maximum absolute atomic E-state index is 13.0. The van der Waals surface area contributed by atoms with Crippen LogP contribution in [0.15, 0.2) is 24.4 Å². The molecule has 0 bridgehead atoms. The smallest absolute Gasteiger partial charge is 0.376 e. The third-order valence-corrected chi connectivity index (χ3v) is 5.50. The lowest BCUT2D eigenvalue weighted by Gasteiger charge is -2.13. The zero-order valence-electron chi connectivity index (χ0n) is 16.4. The van der Waals surface area contributed by atoms with Gasteiger partial charge in [-0.05, 0) is 25.0 Å². The van der Waals surface area contributed by atoms with Gasteiger partial charge in [-0.15, -0.1) is 0 Å². The van der Waals surface area contributed by atoms with E-state index in [1.807, 2.05) is 0 Å². The van der Waals surface area contributed by atoms with E-state index < -0.39 is 31.0 Å². The molecule has 1 unspecified atom stereocenters. The number of esters is 2. The highest BCUT2D eigenvalue weighted by atomic mass is 31.2. The number of benzene rings is 1. The molecule has 2 aromatic rings. The normalized spacial score (nSPS) is 15.7. The Morgan fingerprint density at radius 2 is 1.93 bits per heavy atom. The zero-order valence-corrected chi connectivity index (χ0v) is 17.3. The maximum Gasteiger partial charge on any atom is 0.376 e. The van der Waals surface area contributed by atoms with Crippen molar-refractivity contribution < 1.29 is 38.2 Å². The van der Waals surface area contributed by atoms with Crippen LogP contribution in [0.5, 0.6) is 0 Å². The zero-order chi connectivity index (χ0) is 22.1. The molecule has 1 aliphatic rings. The molecule has 1 aromatic carbocycles. The van der Waals surface area contributed by atoms with Crippen molar-refractivity contribution in [1.82, 2.24) is 9.55 Å². The van der Waals surface area contributed by atoms with Crippen LogP contribution in [0.1, 0.15) is 52.0 Å². The van der Waals surface area contributed by atoms with Crippen molar-refractivity contribution in [2.24, 2.45) is 0 Å². The molecular weight excluding hydrogens is 415 g/mol. The predicted octanol–water partition coefficient (Wildman–Crippen LogP) is 0.948. The lowest BCUT2D eigenvalue weighted by molar-refractivity contribution is -0.142. The monoisotopic (exact) mass is 436 g/mol. The minimum Gasteiger partial charge on any atom is -0.466 e. The van der Waals surface area contributed by atoms with Gasteiger partial charge in [0.05, 0.1) is 19.6 Å². The summed E-state index contributed by atoms with van der Waals surface area (Å²) in [4.78, 5) is 59.9. The fourth-order valence-electron chi connectivity index (χ4n) is 3.44. The van der Waals surface area contributed by atoms with Gasteiger partial charge in [0.25, 0.3) is 0 Å². The quantitative estimate of drug-likeness (QED) is 0.478. The van der Waals surface area contributed by atoms with Crippen molar-refractivity contribution in [3.63, 3.8) is 0 Å². The number of rotatable bonds is 7. The molecule has 0 radical (unpaired) electrons. The first-order valence-corrected chi connectivity index (χ1v) is 10.9. The lowest BCUT2D eigenvalue weighted by atomic mass is 10.0. The fourth-order valence-corrected chi connectivity index (χ4v) is 3.93. The fraction of sp³-hybridized carbons (Fsp3) is 0.368. The van der Waals surface area contributed by atoms with E-state index in [4.69, 9.17) is 9.47 Å². The highest BCUT2D eigenvalue weighted by Crippen LogP contribution is 2.36. The second-order valence-corrected chi connectivity index (χ2v) is 8.15. The summed E-state index contributed by atoms with van der Waals surface area (Å²) >= 11 is 0. The van der Waals surface area contributed by atoms with Crippen LogP contribution >= 0.6 is 7.60 Å². The van der Waals surface area contributed by atoms with E-state index in [1.165, 1.54) is 0 Å². The summed E-state index contributed by atoms with van der Waals surface area (Å²) in [6.45, 7) is 3.53. The Morgan fingerprint density at radius 1 is 1.23 bits per heavy atom. The van der Waals surface area contributed by atoms with Crippen LogP contribution in [0.2, 0.25) is 0 Å². The second kappa shape index (κ2) is 8.51. The molecular formula is C19H21N2O8P. The van der Waals surface area contributed by atoms with Crippen LogP contribution in [0.3, 0.4) is 0 Å². The van der Waals surface area contributed by atoms with Crippen molar-refractivity contribution >= 4 is 30.8 Å². The van der Waals surface area contributed by atoms with E-state index in [9.17, 15) is 28.7 Å². The van der Waals surface area contributed by atoms with Crippen molar-refractivity contribution in [3.8, 4) is 0 Å². The molecule has 30 heavy (non-hydrogen) atoms. The number of hydrogen-bond acceptors (Lipinski definition) is 7. The van der Waals surface area contributed by atoms with Gasteiger partial charge in [0.2, 0.25) is 5.82 Å². The SMILES string of the molecule is CCOC(=O)Cc1cccc2c1CC(n1cc(P(=O)(O)O)nc1C(=O)OCC)C2=O. The molecule has 3 rings (SSSR count). The van der Waals surface area contributed by atoms with E-state index in [-0.39, 0.29) is 37.7 Å². The number of ether oxygens (including phenoxy) is 2. The Balaban J connectivity index is 2.02. The summed E-state index contributed by atoms with van der Waals surface area (Å²) in [6.07, 6.45) is 1.12. The van der Waals surface area contributed by atoms with Crippen LogP contribution in [-0.4, -0.2) is 50.3 Å². The van der Waals surface area contributed by atoms with Crippen LogP contribution in [0, 0.1) is 0 Å². The number of carbonyl (C=O) groups is 3. The Bertz CT molecular complexity index is 1050. The number of ketones is 1. The Kier molecular flexibility index (Phi) is 6.21. The number of aromatic nitrogens is 2. The molecule has 0 aliphatic heterocycles. The number of nitrogens with zero attached hydrogens (tertiary/aromatic N) is 2. The molecule has 0 fully saturated rings. The molecule has 0 saturated carbocycles. The van der Waals surface area contributed by atoms with Crippen molar-refractivity contribution in [1.29, 1.82) is 0 Å². The first-order valence-electron chi connectivity index (χ1n) is 9.30. The van der Waals surface area contributed by atoms with Crippen molar-refractivity contribution in [3.05, 3.63) is 46.9 Å². The van der Waals surface area contributed by atoms with Gasteiger partial charge in [-0.1, -0.05) is 18.2 Å². The van der Waals surface area contributed by atoms with Gasteiger partial charge in [-0.25, -0.2) is 9.78 Å². The lowest BCUT2D eigenvalue weighted by Crippen LogP contribution is -2.21. The Hall–Kier alpha value is -2.81. The summed E-state index contributed by atoms with van der Waals surface area (Å²) in [5, 5.41) is 0. The number of carbonyl (C=O) groups excluding carboxylic acids is 3. The average molecular weight is 436 g/mol. The number of imidazole rings is 1. The minimum atomic E-state index is -4.76. The van der Waals surface area contributed by atoms with Crippen molar-refractivity contribution in [2.45, 2.75) is 32.7 Å². The van der Waals surface area contributed by atoms with Gasteiger partial charge in [0, 0.05) is 18.2 Å². The molecule has 1 heterocycles. The van der Waals surface area contributed by atoms with Gasteiger partial charge in [-0.3, -0.25) is 14.2 Å². The largest absolute Gasteiger partial charge is 0.466 e. The maximum atomic E-state index is 13.0. The Labute approximate surface area is 172 Å². The highest BCUT2D eigenvalue weighted by molar-refractivity contribution is 7.60. The van der Waals surface area contributed by atoms with Crippen LogP contribution < -0.4 is 5.44 Å². The first-order chi connectivity index (χ1) is 14.2. The first kappa shape index (κ1) is 21.9. The number of fused-ring (bicyclic) bond motifs is 1. The van der Waals surface area contributed by atoms with Crippen LogP contribution in [-0.2, 0) is 31.7 Å². The molecule has 2 N–H and O–H groups in total. The summed E-state index contributed by atoms with van der Waals surface area (Å²) in [7, 11) is -4.76. The molecule has 1 aromatic heterocycles. The van der Waals surface area contributed by atoms with Gasteiger partial charge < -0.3 is 23.8 Å². The standard InChI is InChI=1S/C19H21N2O8P/c1-3-28-16(22)8-11-6-5-7-12-13(11)9-14(17(12)23)21-10-15(30(25,26)27)20-18(21)19(24)29-4-2/h5-7,10,14H,3-4,8-9H2,1-2H3,(H2,25,26,27). The summed E-state index contributed by atoms with van der Waals surface area (Å²) in [5.74, 6) is -2.04. The summed E-state index contributed by atoms with van der Waals surface area (Å²) in [5.41, 5.74) is 1.00.